The minimum Gasteiger partial charge on any atom is -0.308 e. The van der Waals surface area contributed by atoms with Crippen LogP contribution in [0.25, 0.3) is 0 Å². The van der Waals surface area contributed by atoms with Crippen LogP contribution in [-0.2, 0) is 6.42 Å². The van der Waals surface area contributed by atoms with Gasteiger partial charge in [-0.25, -0.2) is 0 Å². The molecule has 0 unspecified atom stereocenters. The molecule has 1 fully saturated rings. The Kier molecular flexibility index (Phi) is 6.42. The van der Waals surface area contributed by atoms with Gasteiger partial charge in [-0.3, -0.25) is 0 Å². The third-order valence-electron chi connectivity index (χ3n) is 5.00. The highest BCUT2D eigenvalue weighted by atomic mass is 15.2. The molecule has 0 N–H and O–H groups in total. The van der Waals surface area contributed by atoms with Gasteiger partial charge in [-0.05, 0) is 71.5 Å². The summed E-state index contributed by atoms with van der Waals surface area (Å²) in [6.45, 7) is 5.96. The fourth-order valence-corrected chi connectivity index (χ4v) is 3.53. The number of likely N-dealkylation sites (tertiary alicyclic amines) is 1. The van der Waals surface area contributed by atoms with Crippen LogP contribution >= 0.6 is 0 Å². The zero-order valence-electron chi connectivity index (χ0n) is 14.9. The molecule has 1 aromatic rings. The lowest BCUT2D eigenvalue weighted by molar-refractivity contribution is 0.0790. The van der Waals surface area contributed by atoms with E-state index >= 15 is 0 Å². The molecule has 0 spiro atoms. The van der Waals surface area contributed by atoms with Gasteiger partial charge in [-0.15, -0.1) is 0 Å². The van der Waals surface area contributed by atoms with Crippen molar-refractivity contribution in [3.8, 4) is 0 Å². The van der Waals surface area contributed by atoms with Crippen LogP contribution < -0.4 is 0 Å². The summed E-state index contributed by atoms with van der Waals surface area (Å²) in [5.74, 6) is 0. The van der Waals surface area contributed by atoms with Gasteiger partial charge >= 0.3 is 0 Å². The molecule has 3 nitrogen and oxygen atoms in total. The van der Waals surface area contributed by atoms with Crippen LogP contribution in [0.15, 0.2) is 30.3 Å². The van der Waals surface area contributed by atoms with Gasteiger partial charge in [-0.2, -0.15) is 0 Å². The second kappa shape index (κ2) is 8.09. The van der Waals surface area contributed by atoms with Crippen LogP contribution in [0.3, 0.4) is 0 Å². The quantitative estimate of drug-likeness (QED) is 0.766. The number of benzene rings is 1. The fraction of sp³-hybridized carbons (Fsp3) is 0.684. The Bertz CT molecular complexity index is 422. The molecule has 1 saturated heterocycles. The summed E-state index contributed by atoms with van der Waals surface area (Å²) in [5.41, 5.74) is 1.93. The monoisotopic (exact) mass is 303 g/mol. The maximum Gasteiger partial charge on any atom is 0.0106 e. The molecule has 22 heavy (non-hydrogen) atoms. The number of nitrogens with zero attached hydrogens (tertiary/aromatic N) is 3. The SMILES string of the molecule is CN(C)CCN(C)CC1(Cc2ccccc2)CCN(C)CC1. The number of piperidine rings is 1. The van der Waals surface area contributed by atoms with E-state index < -0.39 is 0 Å². The molecular formula is C19H33N3. The minimum atomic E-state index is 0.439. The average Bonchev–Trinajstić information content (AvgIpc) is 2.49. The van der Waals surface area contributed by atoms with Crippen LogP contribution in [-0.4, -0.2) is 75.6 Å². The number of rotatable bonds is 7. The Morgan fingerprint density at radius 1 is 1.00 bits per heavy atom. The number of hydrogen-bond donors (Lipinski definition) is 0. The van der Waals surface area contributed by atoms with Crippen LogP contribution in [0.4, 0.5) is 0 Å². The molecule has 0 radical (unpaired) electrons. The highest BCUT2D eigenvalue weighted by Gasteiger charge is 2.34. The van der Waals surface area contributed by atoms with E-state index in [9.17, 15) is 0 Å². The molecule has 1 aromatic carbocycles. The van der Waals surface area contributed by atoms with E-state index in [0.29, 0.717) is 5.41 Å². The van der Waals surface area contributed by atoms with Crippen molar-refractivity contribution in [2.24, 2.45) is 5.41 Å². The summed E-state index contributed by atoms with van der Waals surface area (Å²) < 4.78 is 0. The smallest absolute Gasteiger partial charge is 0.0106 e. The van der Waals surface area contributed by atoms with Crippen LogP contribution in [0.5, 0.6) is 0 Å². The van der Waals surface area contributed by atoms with Crippen molar-refractivity contribution < 1.29 is 0 Å². The topological polar surface area (TPSA) is 9.72 Å². The van der Waals surface area contributed by atoms with Gasteiger partial charge in [0.25, 0.3) is 0 Å². The molecule has 0 atom stereocenters. The Balaban J connectivity index is 2.02. The highest BCUT2D eigenvalue weighted by Crippen LogP contribution is 2.35. The van der Waals surface area contributed by atoms with Crippen molar-refractivity contribution >= 4 is 0 Å². The van der Waals surface area contributed by atoms with Gasteiger partial charge in [0.2, 0.25) is 0 Å². The summed E-state index contributed by atoms with van der Waals surface area (Å²) >= 11 is 0. The molecule has 0 saturated carbocycles. The van der Waals surface area contributed by atoms with Crippen molar-refractivity contribution in [1.82, 2.24) is 14.7 Å². The molecule has 1 aliphatic heterocycles. The van der Waals surface area contributed by atoms with Crippen LogP contribution in [0.2, 0.25) is 0 Å². The summed E-state index contributed by atoms with van der Waals surface area (Å²) in [5, 5.41) is 0. The van der Waals surface area contributed by atoms with Crippen LogP contribution in [0.1, 0.15) is 18.4 Å². The van der Waals surface area contributed by atoms with Crippen molar-refractivity contribution in [2.45, 2.75) is 19.3 Å². The molecule has 124 valence electrons. The predicted molar refractivity (Wildman–Crippen MR) is 95.4 cm³/mol. The largest absolute Gasteiger partial charge is 0.308 e. The molecule has 0 aromatic heterocycles. The lowest BCUT2D eigenvalue weighted by Gasteiger charge is -2.43. The van der Waals surface area contributed by atoms with Crippen molar-refractivity contribution in [1.29, 1.82) is 0 Å². The molecule has 2 rings (SSSR count). The van der Waals surface area contributed by atoms with Gasteiger partial charge in [-0.1, -0.05) is 30.3 Å². The van der Waals surface area contributed by atoms with Crippen molar-refractivity contribution in [3.63, 3.8) is 0 Å². The van der Waals surface area contributed by atoms with Gasteiger partial charge in [0, 0.05) is 19.6 Å². The molecule has 0 bridgehead atoms. The van der Waals surface area contributed by atoms with E-state index in [4.69, 9.17) is 0 Å². The molecule has 0 amide bonds. The lowest BCUT2D eigenvalue weighted by Crippen LogP contribution is -2.46. The Hall–Kier alpha value is -0.900. The predicted octanol–water partition coefficient (Wildman–Crippen LogP) is 2.43. The molecular weight excluding hydrogens is 270 g/mol. The van der Waals surface area contributed by atoms with Gasteiger partial charge in [0.05, 0.1) is 0 Å². The van der Waals surface area contributed by atoms with E-state index in [2.05, 4.69) is 73.2 Å². The average molecular weight is 303 g/mol. The molecule has 1 aliphatic rings. The standard InChI is InChI=1S/C19H33N3/c1-20(2)14-15-22(4)17-19(10-12-21(3)13-11-19)16-18-8-6-5-7-9-18/h5-9H,10-17H2,1-4H3. The van der Waals surface area contributed by atoms with Gasteiger partial charge in [0.1, 0.15) is 0 Å². The highest BCUT2D eigenvalue weighted by molar-refractivity contribution is 5.17. The first kappa shape index (κ1) is 17.5. The summed E-state index contributed by atoms with van der Waals surface area (Å²) in [7, 11) is 8.85. The van der Waals surface area contributed by atoms with E-state index in [1.807, 2.05) is 0 Å². The first-order valence-electron chi connectivity index (χ1n) is 8.55. The number of likely N-dealkylation sites (N-methyl/N-ethyl adjacent to an activating group) is 2. The third-order valence-corrected chi connectivity index (χ3v) is 5.00. The van der Waals surface area contributed by atoms with E-state index in [0.717, 1.165) is 13.1 Å². The van der Waals surface area contributed by atoms with E-state index in [-0.39, 0.29) is 0 Å². The molecule has 3 heteroatoms. The van der Waals surface area contributed by atoms with Crippen molar-refractivity contribution in [2.75, 3.05) is 60.9 Å². The summed E-state index contributed by atoms with van der Waals surface area (Å²) in [6, 6.07) is 11.1. The lowest BCUT2D eigenvalue weighted by atomic mass is 9.73. The van der Waals surface area contributed by atoms with E-state index in [1.165, 1.54) is 44.5 Å². The first-order chi connectivity index (χ1) is 10.5. The second-order valence-electron chi connectivity index (χ2n) is 7.51. The minimum absolute atomic E-state index is 0.439. The molecule has 1 heterocycles. The fourth-order valence-electron chi connectivity index (χ4n) is 3.53. The summed E-state index contributed by atoms with van der Waals surface area (Å²) in [6.07, 6.45) is 3.84. The number of hydrogen-bond acceptors (Lipinski definition) is 3. The van der Waals surface area contributed by atoms with Crippen molar-refractivity contribution in [3.05, 3.63) is 35.9 Å². The van der Waals surface area contributed by atoms with Gasteiger partial charge < -0.3 is 14.7 Å². The zero-order valence-corrected chi connectivity index (χ0v) is 14.9. The van der Waals surface area contributed by atoms with E-state index in [1.54, 1.807) is 0 Å². The normalized spacial score (nSPS) is 19.0. The molecule has 0 aliphatic carbocycles. The maximum atomic E-state index is 2.54. The zero-order chi connectivity index (χ0) is 16.0. The Morgan fingerprint density at radius 2 is 1.64 bits per heavy atom. The Morgan fingerprint density at radius 3 is 2.23 bits per heavy atom. The summed E-state index contributed by atoms with van der Waals surface area (Å²) in [4.78, 5) is 7.28. The first-order valence-corrected chi connectivity index (χ1v) is 8.55. The third kappa shape index (κ3) is 5.38. The second-order valence-corrected chi connectivity index (χ2v) is 7.51. The van der Waals surface area contributed by atoms with Gasteiger partial charge in [0.15, 0.2) is 0 Å². The van der Waals surface area contributed by atoms with Crippen LogP contribution in [0, 0.1) is 5.41 Å². The maximum absolute atomic E-state index is 2.54. The Labute approximate surface area is 136 Å².